The maximum atomic E-state index is 9.61. The lowest BCUT2D eigenvalue weighted by molar-refractivity contribution is 0.0695. The molecule has 0 amide bonds. The van der Waals surface area contributed by atoms with Gasteiger partial charge in [-0.25, -0.2) is 0 Å². The van der Waals surface area contributed by atoms with E-state index in [-0.39, 0.29) is 5.75 Å². The van der Waals surface area contributed by atoms with Crippen molar-refractivity contribution in [3.8, 4) is 11.5 Å². The van der Waals surface area contributed by atoms with E-state index in [2.05, 4.69) is 5.32 Å². The summed E-state index contributed by atoms with van der Waals surface area (Å²) in [7, 11) is 1.67. The molecule has 2 N–H and O–H groups in total. The van der Waals surface area contributed by atoms with Crippen molar-refractivity contribution in [2.45, 2.75) is 19.9 Å². The molecule has 0 atom stereocenters. The van der Waals surface area contributed by atoms with Crippen LogP contribution in [0.25, 0.3) is 0 Å². The van der Waals surface area contributed by atoms with Crippen LogP contribution >= 0.6 is 0 Å². The largest absolute Gasteiger partial charge is 0.504 e. The second-order valence-corrected chi connectivity index (χ2v) is 4.37. The molecule has 0 aromatic heterocycles. The monoisotopic (exact) mass is 283 g/mol. The van der Waals surface area contributed by atoms with Gasteiger partial charge in [0.05, 0.1) is 19.8 Å². The van der Waals surface area contributed by atoms with Gasteiger partial charge in [-0.2, -0.15) is 0 Å². The number of aromatic hydroxyl groups is 1. The fourth-order valence-corrected chi connectivity index (χ4v) is 1.72. The molecule has 0 aliphatic carbocycles. The molecule has 0 spiro atoms. The maximum absolute atomic E-state index is 9.61. The Morgan fingerprint density at radius 2 is 2.05 bits per heavy atom. The van der Waals surface area contributed by atoms with Gasteiger partial charge in [0.15, 0.2) is 11.5 Å². The number of phenols is 1. The van der Waals surface area contributed by atoms with Crippen molar-refractivity contribution in [1.82, 2.24) is 5.32 Å². The van der Waals surface area contributed by atoms with Gasteiger partial charge in [-0.15, -0.1) is 0 Å². The summed E-state index contributed by atoms with van der Waals surface area (Å²) in [5.74, 6) is 0.719. The Hall–Kier alpha value is -1.30. The predicted molar refractivity (Wildman–Crippen MR) is 78.3 cm³/mol. The van der Waals surface area contributed by atoms with Crippen LogP contribution < -0.4 is 10.1 Å². The highest BCUT2D eigenvalue weighted by Crippen LogP contribution is 2.26. The Kier molecular flexibility index (Phi) is 8.78. The van der Waals surface area contributed by atoms with Crippen LogP contribution in [0.4, 0.5) is 0 Å². The first-order valence-corrected chi connectivity index (χ1v) is 7.00. The Balaban J connectivity index is 2.17. The first-order chi connectivity index (χ1) is 9.77. The molecule has 1 aromatic carbocycles. The van der Waals surface area contributed by atoms with E-state index < -0.39 is 0 Å². The van der Waals surface area contributed by atoms with Crippen LogP contribution in [0.3, 0.4) is 0 Å². The van der Waals surface area contributed by atoms with Crippen molar-refractivity contribution >= 4 is 0 Å². The second-order valence-electron chi connectivity index (χ2n) is 4.37. The van der Waals surface area contributed by atoms with E-state index in [4.69, 9.17) is 14.2 Å². The molecule has 0 heterocycles. The van der Waals surface area contributed by atoms with Crippen molar-refractivity contribution in [3.63, 3.8) is 0 Å². The van der Waals surface area contributed by atoms with E-state index in [1.807, 2.05) is 19.1 Å². The summed E-state index contributed by atoms with van der Waals surface area (Å²) in [6, 6.07) is 5.41. The fourth-order valence-electron chi connectivity index (χ4n) is 1.72. The smallest absolute Gasteiger partial charge is 0.161 e. The number of benzene rings is 1. The molecule has 5 heteroatoms. The van der Waals surface area contributed by atoms with Crippen LogP contribution in [0.5, 0.6) is 11.5 Å². The summed E-state index contributed by atoms with van der Waals surface area (Å²) in [5.41, 5.74) is 1.09. The summed E-state index contributed by atoms with van der Waals surface area (Å²) in [6.45, 7) is 6.09. The third kappa shape index (κ3) is 6.75. The molecule has 1 aromatic rings. The van der Waals surface area contributed by atoms with Crippen LogP contribution in [0.2, 0.25) is 0 Å². The van der Waals surface area contributed by atoms with E-state index in [1.54, 1.807) is 13.2 Å². The Morgan fingerprint density at radius 3 is 2.80 bits per heavy atom. The number of hydrogen-bond acceptors (Lipinski definition) is 5. The van der Waals surface area contributed by atoms with Crippen molar-refractivity contribution < 1.29 is 19.3 Å². The highest BCUT2D eigenvalue weighted by Gasteiger charge is 2.03. The van der Waals surface area contributed by atoms with E-state index in [9.17, 15) is 5.11 Å². The van der Waals surface area contributed by atoms with E-state index in [0.29, 0.717) is 25.6 Å². The van der Waals surface area contributed by atoms with E-state index in [0.717, 1.165) is 31.7 Å². The highest BCUT2D eigenvalue weighted by atomic mass is 16.5. The minimum absolute atomic E-state index is 0.183. The standard InChI is InChI=1S/C15H25NO4/c1-3-20-15-11-13(5-6-14(15)17)12-16-7-4-8-19-10-9-18-2/h5-6,11,16-17H,3-4,7-10,12H2,1-2H3. The van der Waals surface area contributed by atoms with Gasteiger partial charge in [0.25, 0.3) is 0 Å². The number of phenolic OH excluding ortho intramolecular Hbond substituents is 1. The first-order valence-electron chi connectivity index (χ1n) is 7.00. The molecule has 20 heavy (non-hydrogen) atoms. The Bertz CT molecular complexity index is 371. The molecule has 5 nitrogen and oxygen atoms in total. The summed E-state index contributed by atoms with van der Waals surface area (Å²) in [4.78, 5) is 0. The molecule has 0 saturated heterocycles. The van der Waals surface area contributed by atoms with Gasteiger partial charge in [-0.05, 0) is 37.6 Å². The van der Waals surface area contributed by atoms with Crippen molar-refractivity contribution in [3.05, 3.63) is 23.8 Å². The number of nitrogens with one attached hydrogen (secondary N) is 1. The molecular formula is C15H25NO4. The number of hydrogen-bond donors (Lipinski definition) is 2. The molecular weight excluding hydrogens is 258 g/mol. The molecule has 0 aliphatic rings. The van der Waals surface area contributed by atoms with Gasteiger partial charge in [-0.3, -0.25) is 0 Å². The van der Waals surface area contributed by atoms with E-state index in [1.165, 1.54) is 0 Å². The molecule has 0 aliphatic heterocycles. The lowest BCUT2D eigenvalue weighted by Crippen LogP contribution is -2.17. The lowest BCUT2D eigenvalue weighted by atomic mass is 10.2. The Morgan fingerprint density at radius 1 is 1.20 bits per heavy atom. The Labute approximate surface area is 120 Å². The highest BCUT2D eigenvalue weighted by molar-refractivity contribution is 5.41. The first kappa shape index (κ1) is 16.8. The van der Waals surface area contributed by atoms with Crippen LogP contribution in [0.1, 0.15) is 18.9 Å². The summed E-state index contributed by atoms with van der Waals surface area (Å²) in [5, 5.41) is 12.9. The second kappa shape index (κ2) is 10.5. The van der Waals surface area contributed by atoms with Crippen molar-refractivity contribution in [2.75, 3.05) is 40.1 Å². The molecule has 0 saturated carbocycles. The molecule has 114 valence electrons. The van der Waals surface area contributed by atoms with Crippen LogP contribution in [-0.4, -0.2) is 45.2 Å². The summed E-state index contributed by atoms with van der Waals surface area (Å²) >= 11 is 0. The van der Waals surface area contributed by atoms with Gasteiger partial charge in [0, 0.05) is 20.3 Å². The van der Waals surface area contributed by atoms with Gasteiger partial charge in [0.1, 0.15) is 0 Å². The molecule has 0 radical (unpaired) electrons. The predicted octanol–water partition coefficient (Wildman–Crippen LogP) is 1.93. The van der Waals surface area contributed by atoms with Crippen LogP contribution in [-0.2, 0) is 16.0 Å². The van der Waals surface area contributed by atoms with E-state index >= 15 is 0 Å². The van der Waals surface area contributed by atoms with Crippen LogP contribution in [0.15, 0.2) is 18.2 Å². The molecule has 0 fully saturated rings. The minimum Gasteiger partial charge on any atom is -0.504 e. The quantitative estimate of drug-likeness (QED) is 0.608. The summed E-state index contributed by atoms with van der Waals surface area (Å²) in [6.07, 6.45) is 0.958. The third-order valence-electron chi connectivity index (χ3n) is 2.73. The minimum atomic E-state index is 0.183. The molecule has 0 bridgehead atoms. The van der Waals surface area contributed by atoms with Gasteiger partial charge >= 0.3 is 0 Å². The number of rotatable bonds is 11. The zero-order valence-electron chi connectivity index (χ0n) is 12.4. The van der Waals surface area contributed by atoms with Gasteiger partial charge in [0.2, 0.25) is 0 Å². The summed E-state index contributed by atoms with van der Waals surface area (Å²) < 4.78 is 15.6. The van der Waals surface area contributed by atoms with Crippen molar-refractivity contribution in [1.29, 1.82) is 0 Å². The molecule has 1 rings (SSSR count). The third-order valence-corrected chi connectivity index (χ3v) is 2.73. The zero-order chi connectivity index (χ0) is 14.6. The van der Waals surface area contributed by atoms with Gasteiger partial charge in [-0.1, -0.05) is 6.07 Å². The van der Waals surface area contributed by atoms with Gasteiger partial charge < -0.3 is 24.6 Å². The average molecular weight is 283 g/mol. The fraction of sp³-hybridized carbons (Fsp3) is 0.600. The zero-order valence-corrected chi connectivity index (χ0v) is 12.4. The number of ether oxygens (including phenoxy) is 3. The topological polar surface area (TPSA) is 60.0 Å². The normalized spacial score (nSPS) is 10.7. The maximum Gasteiger partial charge on any atom is 0.161 e. The average Bonchev–Trinajstić information content (AvgIpc) is 2.45. The SMILES string of the molecule is CCOc1cc(CNCCCOCCOC)ccc1O. The van der Waals surface area contributed by atoms with Crippen molar-refractivity contribution in [2.24, 2.45) is 0 Å². The number of methoxy groups -OCH3 is 1. The lowest BCUT2D eigenvalue weighted by Gasteiger charge is -2.09. The van der Waals surface area contributed by atoms with Crippen LogP contribution in [0, 0.1) is 0 Å². The molecule has 0 unspecified atom stereocenters.